The van der Waals surface area contributed by atoms with Crippen molar-refractivity contribution in [1.29, 1.82) is 0 Å². The molecule has 0 aromatic carbocycles. The Morgan fingerprint density at radius 2 is 2.29 bits per heavy atom. The van der Waals surface area contributed by atoms with Crippen LogP contribution in [0.2, 0.25) is 0 Å². The van der Waals surface area contributed by atoms with Gasteiger partial charge < -0.3 is 14.7 Å². The number of hydrogen-bond donors (Lipinski definition) is 1. The lowest BCUT2D eigenvalue weighted by Crippen LogP contribution is -2.43. The second-order valence-electron chi connectivity index (χ2n) is 4.51. The molecule has 0 unspecified atom stereocenters. The third kappa shape index (κ3) is 3.27. The van der Waals surface area contributed by atoms with Gasteiger partial charge in [0.1, 0.15) is 6.10 Å². The molecule has 1 aliphatic rings. The van der Waals surface area contributed by atoms with Gasteiger partial charge in [0.15, 0.2) is 0 Å². The van der Waals surface area contributed by atoms with E-state index in [0.717, 1.165) is 12.8 Å². The van der Waals surface area contributed by atoms with Crippen molar-refractivity contribution in [1.82, 2.24) is 4.90 Å². The summed E-state index contributed by atoms with van der Waals surface area (Å²) in [4.78, 5) is 13.3. The minimum absolute atomic E-state index is 0.0235. The number of nitrogens with zero attached hydrogens (tertiary/aromatic N) is 1. The lowest BCUT2D eigenvalue weighted by Gasteiger charge is -2.27. The Hall–Kier alpha value is -0.610. The third-order valence-corrected chi connectivity index (χ3v) is 2.21. The van der Waals surface area contributed by atoms with Crippen molar-refractivity contribution in [3.05, 3.63) is 0 Å². The van der Waals surface area contributed by atoms with E-state index in [2.05, 4.69) is 0 Å². The number of ether oxygens (including phenoxy) is 1. The molecule has 0 bridgehead atoms. The number of carbonyl (C=O) groups is 1. The van der Waals surface area contributed by atoms with Crippen LogP contribution in [0.1, 0.15) is 26.7 Å². The minimum Gasteiger partial charge on any atom is -0.389 e. The Morgan fingerprint density at radius 3 is 2.71 bits per heavy atom. The summed E-state index contributed by atoms with van der Waals surface area (Å²) in [6.45, 7) is 4.39. The molecule has 0 aromatic rings. The van der Waals surface area contributed by atoms with Crippen molar-refractivity contribution in [2.75, 3.05) is 20.2 Å². The highest BCUT2D eigenvalue weighted by molar-refractivity contribution is 5.80. The SMILES string of the molecule is CN(CC(C)(C)O)C(=O)[C@H]1CCCO1. The largest absolute Gasteiger partial charge is 0.389 e. The van der Waals surface area contributed by atoms with E-state index in [-0.39, 0.29) is 12.0 Å². The molecule has 4 nitrogen and oxygen atoms in total. The highest BCUT2D eigenvalue weighted by Crippen LogP contribution is 2.15. The van der Waals surface area contributed by atoms with Gasteiger partial charge in [-0.05, 0) is 26.7 Å². The van der Waals surface area contributed by atoms with Crippen LogP contribution in [0.25, 0.3) is 0 Å². The fourth-order valence-electron chi connectivity index (χ4n) is 1.68. The maximum atomic E-state index is 11.7. The molecule has 14 heavy (non-hydrogen) atoms. The molecule has 1 atom stereocenters. The monoisotopic (exact) mass is 201 g/mol. The van der Waals surface area contributed by atoms with Gasteiger partial charge in [-0.3, -0.25) is 4.79 Å². The molecule has 1 aliphatic heterocycles. The molecule has 0 aromatic heterocycles. The van der Waals surface area contributed by atoms with Crippen molar-refractivity contribution in [3.63, 3.8) is 0 Å². The van der Waals surface area contributed by atoms with Gasteiger partial charge in [0.25, 0.3) is 5.91 Å². The Bertz CT molecular complexity index is 204. The van der Waals surface area contributed by atoms with Crippen LogP contribution < -0.4 is 0 Å². The van der Waals surface area contributed by atoms with E-state index in [9.17, 15) is 9.90 Å². The van der Waals surface area contributed by atoms with Crippen molar-refractivity contribution < 1.29 is 14.6 Å². The highest BCUT2D eigenvalue weighted by atomic mass is 16.5. The normalized spacial score (nSPS) is 22.4. The van der Waals surface area contributed by atoms with Crippen LogP contribution in [-0.4, -0.2) is 47.8 Å². The summed E-state index contributed by atoms with van der Waals surface area (Å²) in [5, 5.41) is 9.55. The van der Waals surface area contributed by atoms with Crippen LogP contribution in [0.3, 0.4) is 0 Å². The zero-order valence-corrected chi connectivity index (χ0v) is 9.12. The molecule has 1 fully saturated rings. The lowest BCUT2D eigenvalue weighted by molar-refractivity contribution is -0.142. The first-order valence-corrected chi connectivity index (χ1v) is 4.99. The van der Waals surface area contributed by atoms with Crippen LogP contribution >= 0.6 is 0 Å². The van der Waals surface area contributed by atoms with E-state index in [0.29, 0.717) is 13.2 Å². The predicted molar refractivity (Wildman–Crippen MR) is 52.9 cm³/mol. The quantitative estimate of drug-likeness (QED) is 0.719. The number of likely N-dealkylation sites (N-methyl/N-ethyl adjacent to an activating group) is 1. The van der Waals surface area contributed by atoms with Crippen molar-refractivity contribution in [2.24, 2.45) is 0 Å². The average molecular weight is 201 g/mol. The first kappa shape index (κ1) is 11.5. The molecule has 82 valence electrons. The number of amides is 1. The fourth-order valence-corrected chi connectivity index (χ4v) is 1.68. The van der Waals surface area contributed by atoms with Gasteiger partial charge in [-0.2, -0.15) is 0 Å². The van der Waals surface area contributed by atoms with Gasteiger partial charge in [-0.25, -0.2) is 0 Å². The van der Waals surface area contributed by atoms with Gasteiger partial charge in [0.2, 0.25) is 0 Å². The third-order valence-electron chi connectivity index (χ3n) is 2.21. The molecule has 0 aliphatic carbocycles. The number of rotatable bonds is 3. The van der Waals surface area contributed by atoms with Crippen molar-refractivity contribution in [2.45, 2.75) is 38.4 Å². The van der Waals surface area contributed by atoms with Crippen LogP contribution in [-0.2, 0) is 9.53 Å². The molecule has 1 N–H and O–H groups in total. The van der Waals surface area contributed by atoms with Gasteiger partial charge >= 0.3 is 0 Å². The van der Waals surface area contributed by atoms with Crippen molar-refractivity contribution in [3.8, 4) is 0 Å². The summed E-state index contributed by atoms with van der Waals surface area (Å²) in [5.41, 5.74) is -0.844. The second-order valence-corrected chi connectivity index (χ2v) is 4.51. The molecule has 0 spiro atoms. The molecule has 1 heterocycles. The van der Waals surface area contributed by atoms with E-state index in [1.165, 1.54) is 4.90 Å². The molecule has 4 heteroatoms. The summed E-state index contributed by atoms with van der Waals surface area (Å²) >= 11 is 0. The first-order chi connectivity index (χ1) is 6.40. The number of carbonyl (C=O) groups excluding carboxylic acids is 1. The second kappa shape index (κ2) is 4.28. The van der Waals surface area contributed by atoms with Crippen LogP contribution in [0, 0.1) is 0 Å². The summed E-state index contributed by atoms with van der Waals surface area (Å²) in [6.07, 6.45) is 1.46. The number of aliphatic hydroxyl groups is 1. The van der Waals surface area contributed by atoms with Crippen LogP contribution in [0.15, 0.2) is 0 Å². The lowest BCUT2D eigenvalue weighted by atomic mass is 10.1. The Balaban J connectivity index is 2.43. The Kier molecular flexibility index (Phi) is 3.50. The molecule has 0 saturated carbocycles. The molecule has 1 saturated heterocycles. The predicted octanol–water partition coefficient (Wildman–Crippen LogP) is 0.395. The van der Waals surface area contributed by atoms with Crippen LogP contribution in [0.4, 0.5) is 0 Å². The van der Waals surface area contributed by atoms with Gasteiger partial charge in [-0.1, -0.05) is 0 Å². The van der Waals surface area contributed by atoms with Gasteiger partial charge in [-0.15, -0.1) is 0 Å². The van der Waals surface area contributed by atoms with Gasteiger partial charge in [0, 0.05) is 20.2 Å². The summed E-state index contributed by atoms with van der Waals surface area (Å²) < 4.78 is 5.28. The van der Waals surface area contributed by atoms with E-state index < -0.39 is 5.60 Å². The average Bonchev–Trinajstić information content (AvgIpc) is 2.51. The topological polar surface area (TPSA) is 49.8 Å². The van der Waals surface area contributed by atoms with E-state index in [1.807, 2.05) is 0 Å². The summed E-state index contributed by atoms with van der Waals surface area (Å²) in [7, 11) is 1.70. The Labute approximate surface area is 84.8 Å². The summed E-state index contributed by atoms with van der Waals surface area (Å²) in [5.74, 6) is -0.0235. The highest BCUT2D eigenvalue weighted by Gasteiger charge is 2.28. The smallest absolute Gasteiger partial charge is 0.251 e. The van der Waals surface area contributed by atoms with Crippen molar-refractivity contribution >= 4 is 5.91 Å². The zero-order chi connectivity index (χ0) is 10.8. The fraction of sp³-hybridized carbons (Fsp3) is 0.900. The summed E-state index contributed by atoms with van der Waals surface area (Å²) in [6, 6.07) is 0. The van der Waals surface area contributed by atoms with Gasteiger partial charge in [0.05, 0.1) is 5.60 Å². The Morgan fingerprint density at radius 1 is 1.64 bits per heavy atom. The van der Waals surface area contributed by atoms with E-state index in [4.69, 9.17) is 4.74 Å². The molecule has 1 amide bonds. The molecule has 0 radical (unpaired) electrons. The van der Waals surface area contributed by atoms with E-state index >= 15 is 0 Å². The standard InChI is InChI=1S/C10H19NO3/c1-10(2,13)7-11(3)9(12)8-5-4-6-14-8/h8,13H,4-7H2,1-3H3/t8-/m1/s1. The number of hydrogen-bond acceptors (Lipinski definition) is 3. The minimum atomic E-state index is -0.844. The maximum absolute atomic E-state index is 11.7. The zero-order valence-electron chi connectivity index (χ0n) is 9.12. The maximum Gasteiger partial charge on any atom is 0.251 e. The first-order valence-electron chi connectivity index (χ1n) is 4.99. The molecule has 1 rings (SSSR count). The van der Waals surface area contributed by atoms with E-state index in [1.54, 1.807) is 20.9 Å². The molecular formula is C10H19NO3. The van der Waals surface area contributed by atoms with Crippen LogP contribution in [0.5, 0.6) is 0 Å². The molecular weight excluding hydrogens is 182 g/mol.